The van der Waals surface area contributed by atoms with Crippen LogP contribution in [-0.4, -0.2) is 0 Å². The maximum atomic E-state index is 2.52. The number of anilines is 3. The number of benzene rings is 9. The smallest absolute Gasteiger partial charge is 0.0726 e. The van der Waals surface area contributed by atoms with E-state index in [4.69, 9.17) is 0 Å². The zero-order valence-electron chi connectivity index (χ0n) is 31.1. The van der Waals surface area contributed by atoms with E-state index in [0.29, 0.717) is 0 Å². The Labute approximate surface area is 337 Å². The van der Waals surface area contributed by atoms with E-state index in [1.54, 1.807) is 0 Å². The predicted octanol–water partition coefficient (Wildman–Crippen LogP) is 15.0. The van der Waals surface area contributed by atoms with Crippen molar-refractivity contribution in [3.05, 3.63) is 235 Å². The maximum Gasteiger partial charge on any atom is 0.0726 e. The van der Waals surface area contributed by atoms with E-state index < -0.39 is 5.41 Å². The van der Waals surface area contributed by atoms with E-state index in [1.807, 2.05) is 11.8 Å². The molecule has 1 heterocycles. The number of para-hydroxylation sites is 2. The summed E-state index contributed by atoms with van der Waals surface area (Å²) < 4.78 is 0. The SMILES string of the molecule is c1ccc(-c2ccc3c(c2)C2(c4cc(-c5ccccc5)ccc4-3)c3cc(-c4ccccc4)ccc3-c3ccc(N4c5ccccc5Sc5ccccc54)cc32)cc1. The first-order chi connectivity index (χ1) is 28.3. The lowest BCUT2D eigenvalue weighted by molar-refractivity contribution is 0.794. The van der Waals surface area contributed by atoms with Gasteiger partial charge in [0.1, 0.15) is 0 Å². The van der Waals surface area contributed by atoms with Crippen LogP contribution in [0.3, 0.4) is 0 Å². The molecule has 3 aliphatic rings. The van der Waals surface area contributed by atoms with E-state index in [2.05, 4.69) is 217 Å². The molecular formula is C55H35NS. The summed E-state index contributed by atoms with van der Waals surface area (Å²) in [5.41, 5.74) is 20.9. The minimum absolute atomic E-state index is 0.574. The third-order valence-electron chi connectivity index (χ3n) is 12.3. The first-order valence-electron chi connectivity index (χ1n) is 19.7. The third-order valence-corrected chi connectivity index (χ3v) is 13.4. The van der Waals surface area contributed by atoms with Gasteiger partial charge in [-0.05, 0) is 132 Å². The Morgan fingerprint density at radius 3 is 1.07 bits per heavy atom. The Morgan fingerprint density at radius 1 is 0.298 bits per heavy atom. The lowest BCUT2D eigenvalue weighted by atomic mass is 9.69. The number of nitrogens with zero attached hydrogens (tertiary/aromatic N) is 1. The third kappa shape index (κ3) is 4.78. The normalized spacial score (nSPS) is 13.6. The summed E-state index contributed by atoms with van der Waals surface area (Å²) in [6, 6.07) is 79.0. The highest BCUT2D eigenvalue weighted by Gasteiger charge is 2.52. The summed E-state index contributed by atoms with van der Waals surface area (Å²) in [4.78, 5) is 5.00. The van der Waals surface area contributed by atoms with Crippen LogP contribution >= 0.6 is 11.8 Å². The Balaban J connectivity index is 1.19. The zero-order chi connectivity index (χ0) is 37.5. The molecule has 266 valence electrons. The van der Waals surface area contributed by atoms with Gasteiger partial charge in [-0.3, -0.25) is 0 Å². The lowest BCUT2D eigenvalue weighted by Gasteiger charge is -2.35. The van der Waals surface area contributed by atoms with Gasteiger partial charge in [0.25, 0.3) is 0 Å². The van der Waals surface area contributed by atoms with E-state index in [1.165, 1.54) is 99.1 Å². The van der Waals surface area contributed by atoms with Crippen molar-refractivity contribution < 1.29 is 0 Å². The van der Waals surface area contributed by atoms with Crippen LogP contribution in [0.25, 0.3) is 55.6 Å². The second-order valence-electron chi connectivity index (χ2n) is 15.2. The summed E-state index contributed by atoms with van der Waals surface area (Å²) >= 11 is 1.85. The van der Waals surface area contributed by atoms with Crippen LogP contribution < -0.4 is 4.90 Å². The fraction of sp³-hybridized carbons (Fsp3) is 0.0182. The fourth-order valence-corrected chi connectivity index (χ4v) is 10.8. The summed E-state index contributed by atoms with van der Waals surface area (Å²) in [5, 5.41) is 0. The predicted molar refractivity (Wildman–Crippen MR) is 238 cm³/mol. The maximum absolute atomic E-state index is 2.52. The highest BCUT2D eigenvalue weighted by Crippen LogP contribution is 2.65. The van der Waals surface area contributed by atoms with Gasteiger partial charge in [-0.1, -0.05) is 169 Å². The topological polar surface area (TPSA) is 3.24 Å². The number of fused-ring (bicyclic) bond motifs is 12. The van der Waals surface area contributed by atoms with Gasteiger partial charge in [-0.15, -0.1) is 0 Å². The summed E-state index contributed by atoms with van der Waals surface area (Å²) in [6.07, 6.45) is 0. The molecule has 1 spiro atoms. The van der Waals surface area contributed by atoms with Crippen LogP contribution in [-0.2, 0) is 5.41 Å². The van der Waals surface area contributed by atoms with Crippen molar-refractivity contribution in [3.8, 4) is 55.6 Å². The Bertz CT molecular complexity index is 2830. The van der Waals surface area contributed by atoms with Gasteiger partial charge in [-0.2, -0.15) is 0 Å². The molecule has 0 saturated carbocycles. The first-order valence-corrected chi connectivity index (χ1v) is 20.5. The van der Waals surface area contributed by atoms with Gasteiger partial charge < -0.3 is 4.90 Å². The van der Waals surface area contributed by atoms with Crippen molar-refractivity contribution in [3.63, 3.8) is 0 Å². The fourth-order valence-electron chi connectivity index (χ4n) is 9.77. The van der Waals surface area contributed by atoms with Crippen molar-refractivity contribution >= 4 is 28.8 Å². The van der Waals surface area contributed by atoms with Crippen LogP contribution in [0.15, 0.2) is 222 Å². The molecule has 2 aliphatic carbocycles. The average molecular weight is 742 g/mol. The summed E-state index contributed by atoms with van der Waals surface area (Å²) in [6.45, 7) is 0. The standard InChI is InChI=1S/C55H35NS/c1-4-14-36(15-5-1)39-24-28-43-44-29-25-40(37-16-6-2-7-17-37)33-48(44)55(47(43)32-39)49-34-41(38-18-8-3-9-19-38)26-30-45(49)46-31-27-42(35-50(46)55)56-51-20-10-12-22-53(51)57-54-23-13-11-21-52(54)56/h1-35H. The average Bonchev–Trinajstić information content (AvgIpc) is 3.74. The van der Waals surface area contributed by atoms with E-state index in [9.17, 15) is 0 Å². The molecule has 0 unspecified atom stereocenters. The Hall–Kier alpha value is -6.87. The molecule has 0 atom stereocenters. The summed E-state index contributed by atoms with van der Waals surface area (Å²) in [7, 11) is 0. The second kappa shape index (κ2) is 12.6. The monoisotopic (exact) mass is 741 g/mol. The lowest BCUT2D eigenvalue weighted by Crippen LogP contribution is -2.26. The molecule has 1 aliphatic heterocycles. The van der Waals surface area contributed by atoms with Crippen molar-refractivity contribution in [2.24, 2.45) is 0 Å². The molecule has 2 heteroatoms. The minimum atomic E-state index is -0.574. The molecule has 0 saturated heterocycles. The molecule has 9 aromatic rings. The molecule has 1 nitrogen and oxygen atoms in total. The molecule has 0 aromatic heterocycles. The van der Waals surface area contributed by atoms with E-state index in [-0.39, 0.29) is 0 Å². The minimum Gasteiger partial charge on any atom is -0.308 e. The van der Waals surface area contributed by atoms with Crippen molar-refractivity contribution in [1.82, 2.24) is 0 Å². The highest BCUT2D eigenvalue weighted by atomic mass is 32.2. The molecule has 0 radical (unpaired) electrons. The first kappa shape index (κ1) is 32.4. The van der Waals surface area contributed by atoms with E-state index >= 15 is 0 Å². The number of hydrogen-bond acceptors (Lipinski definition) is 2. The van der Waals surface area contributed by atoms with Gasteiger partial charge in [0.15, 0.2) is 0 Å². The van der Waals surface area contributed by atoms with Gasteiger partial charge in [0.05, 0.1) is 16.8 Å². The van der Waals surface area contributed by atoms with Crippen molar-refractivity contribution in [2.75, 3.05) is 4.90 Å². The molecule has 0 fully saturated rings. The van der Waals surface area contributed by atoms with Gasteiger partial charge in [0.2, 0.25) is 0 Å². The van der Waals surface area contributed by atoms with Crippen LogP contribution in [0.2, 0.25) is 0 Å². The van der Waals surface area contributed by atoms with Crippen LogP contribution in [0.4, 0.5) is 17.1 Å². The van der Waals surface area contributed by atoms with Crippen molar-refractivity contribution in [2.45, 2.75) is 15.2 Å². The van der Waals surface area contributed by atoms with Crippen LogP contribution in [0.1, 0.15) is 22.3 Å². The number of rotatable bonds is 4. The number of hydrogen-bond donors (Lipinski definition) is 0. The molecular weight excluding hydrogens is 707 g/mol. The summed E-state index contributed by atoms with van der Waals surface area (Å²) in [5.74, 6) is 0. The van der Waals surface area contributed by atoms with Gasteiger partial charge >= 0.3 is 0 Å². The quantitative estimate of drug-likeness (QED) is 0.177. The molecule has 0 N–H and O–H groups in total. The van der Waals surface area contributed by atoms with Crippen LogP contribution in [0.5, 0.6) is 0 Å². The second-order valence-corrected chi connectivity index (χ2v) is 16.3. The van der Waals surface area contributed by atoms with Gasteiger partial charge in [-0.25, -0.2) is 0 Å². The van der Waals surface area contributed by atoms with Crippen molar-refractivity contribution in [1.29, 1.82) is 0 Å². The highest BCUT2D eigenvalue weighted by molar-refractivity contribution is 7.99. The molecule has 0 bridgehead atoms. The zero-order valence-corrected chi connectivity index (χ0v) is 31.9. The van der Waals surface area contributed by atoms with Gasteiger partial charge in [0, 0.05) is 15.5 Å². The Kier molecular flexibility index (Phi) is 7.14. The molecule has 57 heavy (non-hydrogen) atoms. The Morgan fingerprint density at radius 2 is 0.649 bits per heavy atom. The van der Waals surface area contributed by atoms with Crippen LogP contribution in [0, 0.1) is 0 Å². The largest absolute Gasteiger partial charge is 0.308 e. The van der Waals surface area contributed by atoms with E-state index in [0.717, 1.165) is 5.69 Å². The molecule has 0 amide bonds. The molecule has 9 aromatic carbocycles. The molecule has 12 rings (SSSR count).